The molecule has 0 bridgehead atoms. The van der Waals surface area contributed by atoms with Crippen LogP contribution in [0, 0.1) is 5.82 Å². The molecule has 2 aromatic rings. The van der Waals surface area contributed by atoms with E-state index in [-0.39, 0.29) is 11.8 Å². The Morgan fingerprint density at radius 1 is 1.20 bits per heavy atom. The van der Waals surface area contributed by atoms with Gasteiger partial charge in [-0.15, -0.1) is 0 Å². The van der Waals surface area contributed by atoms with E-state index >= 15 is 0 Å². The van der Waals surface area contributed by atoms with Gasteiger partial charge in [0.15, 0.2) is 0 Å². The molecule has 0 amide bonds. The van der Waals surface area contributed by atoms with E-state index in [1.54, 1.807) is 13.0 Å². The van der Waals surface area contributed by atoms with Gasteiger partial charge >= 0.3 is 6.61 Å². The molecule has 3 nitrogen and oxygen atoms in total. The van der Waals surface area contributed by atoms with Crippen LogP contribution in [0.5, 0.6) is 5.75 Å². The molecular formula is C14H13F3N2O. The third kappa shape index (κ3) is 3.27. The molecule has 0 saturated carbocycles. The van der Waals surface area contributed by atoms with Crippen molar-refractivity contribution in [3.63, 3.8) is 0 Å². The molecule has 0 aliphatic carbocycles. The Morgan fingerprint density at radius 2 is 1.95 bits per heavy atom. The first-order chi connectivity index (χ1) is 9.47. The maximum Gasteiger partial charge on any atom is 0.387 e. The number of ether oxygens (including phenoxy) is 1. The molecule has 0 spiro atoms. The summed E-state index contributed by atoms with van der Waals surface area (Å²) in [5, 5.41) is 0. The van der Waals surface area contributed by atoms with Gasteiger partial charge in [0.05, 0.1) is 11.9 Å². The quantitative estimate of drug-likeness (QED) is 0.933. The van der Waals surface area contributed by atoms with Gasteiger partial charge in [0.2, 0.25) is 0 Å². The van der Waals surface area contributed by atoms with Gasteiger partial charge < -0.3 is 10.5 Å². The van der Waals surface area contributed by atoms with Gasteiger partial charge in [-0.1, -0.05) is 6.07 Å². The predicted octanol–water partition coefficient (Wildman–Crippen LogP) is 3.51. The molecular weight excluding hydrogens is 269 g/mol. The number of hydrogen-bond donors (Lipinski definition) is 1. The molecule has 0 radical (unpaired) electrons. The second-order valence-electron chi connectivity index (χ2n) is 4.28. The summed E-state index contributed by atoms with van der Waals surface area (Å²) >= 11 is 0. The Hall–Kier alpha value is -2.08. The van der Waals surface area contributed by atoms with Crippen LogP contribution in [0.1, 0.15) is 18.5 Å². The molecule has 0 fully saturated rings. The summed E-state index contributed by atoms with van der Waals surface area (Å²) in [5.41, 5.74) is 7.52. The minimum absolute atomic E-state index is 0.0532. The number of nitrogens with two attached hydrogens (primary N) is 1. The smallest absolute Gasteiger partial charge is 0.387 e. The largest absolute Gasteiger partial charge is 0.433 e. The minimum atomic E-state index is -2.91. The number of hydrogen-bond acceptors (Lipinski definition) is 3. The Bertz CT molecular complexity index is 585. The summed E-state index contributed by atoms with van der Waals surface area (Å²) in [4.78, 5) is 4.01. The summed E-state index contributed by atoms with van der Waals surface area (Å²) in [6.07, 6.45) is 1.16. The minimum Gasteiger partial charge on any atom is -0.433 e. The number of alkyl halides is 2. The summed E-state index contributed by atoms with van der Waals surface area (Å²) < 4.78 is 41.7. The lowest BCUT2D eigenvalue weighted by Gasteiger charge is -2.13. The van der Waals surface area contributed by atoms with Crippen LogP contribution in [0.2, 0.25) is 0 Å². The summed E-state index contributed by atoms with van der Waals surface area (Å²) in [7, 11) is 0. The zero-order chi connectivity index (χ0) is 14.7. The second-order valence-corrected chi connectivity index (χ2v) is 4.28. The maximum absolute atomic E-state index is 13.4. The number of nitrogens with zero attached hydrogens (tertiary/aromatic N) is 1. The van der Waals surface area contributed by atoms with Gasteiger partial charge in [-0.2, -0.15) is 8.78 Å². The molecule has 2 N–H and O–H groups in total. The Morgan fingerprint density at radius 3 is 2.50 bits per heavy atom. The molecule has 0 unspecified atom stereocenters. The highest BCUT2D eigenvalue weighted by Crippen LogP contribution is 2.28. The molecule has 1 aromatic carbocycles. The monoisotopic (exact) mass is 282 g/mol. The molecule has 106 valence electrons. The zero-order valence-corrected chi connectivity index (χ0v) is 10.7. The Kier molecular flexibility index (Phi) is 4.24. The predicted molar refractivity (Wildman–Crippen MR) is 68.9 cm³/mol. The fourth-order valence-electron chi connectivity index (χ4n) is 1.86. The third-order valence-corrected chi connectivity index (χ3v) is 2.74. The van der Waals surface area contributed by atoms with E-state index < -0.39 is 12.4 Å². The van der Waals surface area contributed by atoms with Gasteiger partial charge in [0.1, 0.15) is 11.6 Å². The lowest BCUT2D eigenvalue weighted by molar-refractivity contribution is -0.0500. The van der Waals surface area contributed by atoms with Crippen molar-refractivity contribution in [1.29, 1.82) is 0 Å². The average molecular weight is 282 g/mol. The van der Waals surface area contributed by atoms with Crippen LogP contribution < -0.4 is 10.5 Å². The van der Waals surface area contributed by atoms with Crippen LogP contribution in [0.4, 0.5) is 13.2 Å². The Balaban J connectivity index is 2.38. The van der Waals surface area contributed by atoms with E-state index in [1.807, 2.05) is 0 Å². The highest BCUT2D eigenvalue weighted by molar-refractivity contribution is 5.64. The maximum atomic E-state index is 13.4. The van der Waals surface area contributed by atoms with Crippen molar-refractivity contribution in [2.24, 2.45) is 5.73 Å². The number of benzene rings is 1. The van der Waals surface area contributed by atoms with Crippen LogP contribution in [0.25, 0.3) is 11.3 Å². The number of rotatable bonds is 4. The zero-order valence-electron chi connectivity index (χ0n) is 10.7. The molecule has 0 aliphatic rings. The normalized spacial score (nSPS) is 12.5. The molecule has 1 aromatic heterocycles. The summed E-state index contributed by atoms with van der Waals surface area (Å²) in [6.45, 7) is -1.14. The van der Waals surface area contributed by atoms with E-state index in [2.05, 4.69) is 9.72 Å². The molecule has 1 heterocycles. The van der Waals surface area contributed by atoms with Crippen LogP contribution in [0.15, 0.2) is 36.5 Å². The van der Waals surface area contributed by atoms with Gasteiger partial charge in [-0.25, -0.2) is 4.39 Å². The van der Waals surface area contributed by atoms with Crippen LogP contribution in [0.3, 0.4) is 0 Å². The summed E-state index contributed by atoms with van der Waals surface area (Å²) in [6, 6.07) is 6.75. The Labute approximate surface area is 114 Å². The van der Waals surface area contributed by atoms with Crippen molar-refractivity contribution in [1.82, 2.24) is 4.98 Å². The van der Waals surface area contributed by atoms with Gasteiger partial charge in [-0.3, -0.25) is 4.98 Å². The molecule has 0 aliphatic heterocycles. The topological polar surface area (TPSA) is 48.1 Å². The van der Waals surface area contributed by atoms with Crippen molar-refractivity contribution >= 4 is 0 Å². The first-order valence-electron chi connectivity index (χ1n) is 5.93. The highest BCUT2D eigenvalue weighted by atomic mass is 19.3. The highest BCUT2D eigenvalue weighted by Gasteiger charge is 2.12. The molecule has 1 atom stereocenters. The third-order valence-electron chi connectivity index (χ3n) is 2.74. The van der Waals surface area contributed by atoms with Crippen molar-refractivity contribution in [3.05, 3.63) is 47.9 Å². The average Bonchev–Trinajstić information content (AvgIpc) is 2.38. The van der Waals surface area contributed by atoms with E-state index in [0.29, 0.717) is 11.3 Å². The van der Waals surface area contributed by atoms with Gasteiger partial charge in [0.25, 0.3) is 0 Å². The van der Waals surface area contributed by atoms with Crippen molar-refractivity contribution in [2.75, 3.05) is 0 Å². The number of halogens is 3. The lowest BCUT2D eigenvalue weighted by Crippen LogP contribution is -2.07. The molecule has 20 heavy (non-hydrogen) atoms. The number of aromatic nitrogens is 1. The SMILES string of the molecule is C[C@@H](N)c1ccc(F)cc1-c1ccc(OC(F)F)cn1. The molecule has 6 heteroatoms. The van der Waals surface area contributed by atoms with E-state index in [4.69, 9.17) is 5.73 Å². The van der Waals surface area contributed by atoms with Gasteiger partial charge in [0, 0.05) is 11.6 Å². The number of pyridine rings is 1. The van der Waals surface area contributed by atoms with E-state index in [0.717, 1.165) is 11.8 Å². The van der Waals surface area contributed by atoms with Crippen LogP contribution >= 0.6 is 0 Å². The lowest BCUT2D eigenvalue weighted by atomic mass is 9.99. The van der Waals surface area contributed by atoms with Crippen molar-refractivity contribution < 1.29 is 17.9 Å². The van der Waals surface area contributed by atoms with Crippen molar-refractivity contribution in [3.8, 4) is 17.0 Å². The standard InChI is InChI=1S/C14H13F3N2O/c1-8(18)11-4-2-9(15)6-12(11)13-5-3-10(7-19-13)20-14(16)17/h2-8,14H,18H2,1H3/t8-/m1/s1. The second kappa shape index (κ2) is 5.92. The molecule has 2 rings (SSSR count). The fourth-order valence-corrected chi connectivity index (χ4v) is 1.86. The van der Waals surface area contributed by atoms with Crippen molar-refractivity contribution in [2.45, 2.75) is 19.6 Å². The summed E-state index contributed by atoms with van der Waals surface area (Å²) in [5.74, 6) is -0.471. The van der Waals surface area contributed by atoms with Crippen LogP contribution in [-0.2, 0) is 0 Å². The van der Waals surface area contributed by atoms with E-state index in [9.17, 15) is 13.2 Å². The van der Waals surface area contributed by atoms with Crippen LogP contribution in [-0.4, -0.2) is 11.6 Å². The first-order valence-corrected chi connectivity index (χ1v) is 5.93. The van der Waals surface area contributed by atoms with E-state index in [1.165, 1.54) is 24.3 Å². The fraction of sp³-hybridized carbons (Fsp3) is 0.214. The van der Waals surface area contributed by atoms with Gasteiger partial charge in [-0.05, 0) is 36.8 Å². The molecule has 0 saturated heterocycles. The first kappa shape index (κ1) is 14.3.